The summed E-state index contributed by atoms with van der Waals surface area (Å²) in [5.41, 5.74) is 1.33. The molecule has 134 valence electrons. The van der Waals surface area contributed by atoms with Crippen LogP contribution in [0.15, 0.2) is 0 Å². The minimum atomic E-state index is -3.90. The van der Waals surface area contributed by atoms with Gasteiger partial charge in [-0.1, -0.05) is 0 Å². The molecule has 23 heavy (non-hydrogen) atoms. The molecule has 8 nitrogen and oxygen atoms in total. The molecule has 0 saturated heterocycles. The molecule has 1 fully saturated rings. The molecule has 0 radical (unpaired) electrons. The third kappa shape index (κ3) is 4.76. The number of hydroxylamine groups is 1. The Labute approximate surface area is 136 Å². The van der Waals surface area contributed by atoms with Gasteiger partial charge in [0, 0.05) is 6.42 Å². The lowest BCUT2D eigenvalue weighted by Gasteiger charge is -2.33. The normalized spacial score (nSPS) is 22.2. The molecule has 0 aromatic heterocycles. The first kappa shape index (κ1) is 20.1. The Balaban J connectivity index is 2.98. The van der Waals surface area contributed by atoms with E-state index in [9.17, 15) is 14.2 Å². The highest BCUT2D eigenvalue weighted by atomic mass is 31.2. The predicted molar refractivity (Wildman–Crippen MR) is 82.9 cm³/mol. The fourth-order valence-electron chi connectivity index (χ4n) is 2.29. The number of rotatable bonds is 7. The van der Waals surface area contributed by atoms with Crippen LogP contribution in [0.5, 0.6) is 0 Å². The quantitative estimate of drug-likeness (QED) is 0.555. The molecule has 1 saturated carbocycles. The largest absolute Gasteiger partial charge is 0.442 e. The molecule has 1 amide bonds. The summed E-state index contributed by atoms with van der Waals surface area (Å²) in [6, 6.07) is 0. The van der Waals surface area contributed by atoms with Crippen LogP contribution in [0.1, 0.15) is 53.9 Å². The molecule has 1 rings (SSSR count). The summed E-state index contributed by atoms with van der Waals surface area (Å²) < 4.78 is 28.6. The lowest BCUT2D eigenvalue weighted by molar-refractivity contribution is -0.139. The summed E-state index contributed by atoms with van der Waals surface area (Å²) in [5, 5.41) is -1.82. The average Bonchev–Trinajstić information content (AvgIpc) is 2.78. The maximum absolute atomic E-state index is 13.1. The number of ether oxygens (including phenoxy) is 1. The molecule has 0 unspecified atom stereocenters. The smallest absolute Gasteiger partial charge is 0.431 e. The minimum absolute atomic E-state index is 0.0854. The summed E-state index contributed by atoms with van der Waals surface area (Å²) in [7, 11) is -3.90. The van der Waals surface area contributed by atoms with E-state index in [0.29, 0.717) is 6.42 Å². The van der Waals surface area contributed by atoms with Gasteiger partial charge in [0.05, 0.1) is 13.2 Å². The summed E-state index contributed by atoms with van der Waals surface area (Å²) >= 11 is 0. The highest BCUT2D eigenvalue weighted by Crippen LogP contribution is 2.64. The standard InChI is InChI=1S/C14H26NO7P/c1-6-19-23(18,20-7-2)14(10-8-9-11(14)16)22-15-12(17)21-13(3,4)5/h6-10H2,1-5H3,(H,15,17)/t14-/m1/s1. The zero-order valence-corrected chi connectivity index (χ0v) is 15.2. The Hall–Kier alpha value is -0.950. The van der Waals surface area contributed by atoms with Crippen molar-refractivity contribution in [3.8, 4) is 0 Å². The number of hydrogen-bond acceptors (Lipinski definition) is 7. The second-order valence-corrected chi connectivity index (χ2v) is 8.33. The first-order valence-corrected chi connectivity index (χ1v) is 9.24. The van der Waals surface area contributed by atoms with Crippen LogP contribution >= 0.6 is 7.60 Å². The van der Waals surface area contributed by atoms with Crippen LogP contribution in [0.3, 0.4) is 0 Å². The van der Waals surface area contributed by atoms with E-state index < -0.39 is 30.4 Å². The topological polar surface area (TPSA) is 100 Å². The van der Waals surface area contributed by atoms with E-state index in [4.69, 9.17) is 18.6 Å². The summed E-state index contributed by atoms with van der Waals surface area (Å²) in [5.74, 6) is -0.418. The third-order valence-corrected chi connectivity index (χ3v) is 5.74. The van der Waals surface area contributed by atoms with E-state index in [-0.39, 0.29) is 26.1 Å². The summed E-state index contributed by atoms with van der Waals surface area (Å²) in [6.45, 7) is 8.52. The van der Waals surface area contributed by atoms with E-state index in [2.05, 4.69) is 5.48 Å². The van der Waals surface area contributed by atoms with Crippen LogP contribution in [0.25, 0.3) is 0 Å². The molecule has 1 aliphatic rings. The minimum Gasteiger partial charge on any atom is -0.442 e. The lowest BCUT2D eigenvalue weighted by Crippen LogP contribution is -2.45. The van der Waals surface area contributed by atoms with Gasteiger partial charge >= 0.3 is 13.7 Å². The van der Waals surface area contributed by atoms with Crippen molar-refractivity contribution in [2.45, 2.75) is 64.8 Å². The first-order valence-electron chi connectivity index (χ1n) is 7.69. The molecule has 0 aromatic carbocycles. The van der Waals surface area contributed by atoms with Gasteiger partial charge in [0.1, 0.15) is 5.60 Å². The zero-order valence-electron chi connectivity index (χ0n) is 14.3. The van der Waals surface area contributed by atoms with Gasteiger partial charge in [0.15, 0.2) is 5.78 Å². The highest BCUT2D eigenvalue weighted by Gasteiger charge is 2.61. The van der Waals surface area contributed by atoms with Crippen molar-refractivity contribution in [2.75, 3.05) is 13.2 Å². The van der Waals surface area contributed by atoms with Crippen molar-refractivity contribution in [1.29, 1.82) is 0 Å². The second kappa shape index (κ2) is 7.75. The Morgan fingerprint density at radius 2 is 1.83 bits per heavy atom. The number of carbonyl (C=O) groups excluding carboxylic acids is 2. The van der Waals surface area contributed by atoms with Crippen LogP contribution in [0.4, 0.5) is 4.79 Å². The third-order valence-electron chi connectivity index (χ3n) is 3.10. The first-order chi connectivity index (χ1) is 10.6. The fourth-order valence-corrected chi connectivity index (χ4v) is 4.47. The lowest BCUT2D eigenvalue weighted by atomic mass is 10.2. The Morgan fingerprint density at radius 1 is 1.26 bits per heavy atom. The van der Waals surface area contributed by atoms with Gasteiger partial charge in [0.25, 0.3) is 5.34 Å². The van der Waals surface area contributed by atoms with Crippen molar-refractivity contribution in [2.24, 2.45) is 0 Å². The molecule has 0 aliphatic heterocycles. The number of amides is 1. The van der Waals surface area contributed by atoms with Crippen molar-refractivity contribution >= 4 is 19.5 Å². The number of Topliss-reactive ketones (excluding diaryl/α,β-unsaturated/α-hetero) is 1. The van der Waals surface area contributed by atoms with E-state index in [1.165, 1.54) is 0 Å². The van der Waals surface area contributed by atoms with Gasteiger partial charge in [-0.15, -0.1) is 0 Å². The molecule has 0 bridgehead atoms. The highest BCUT2D eigenvalue weighted by molar-refractivity contribution is 7.56. The van der Waals surface area contributed by atoms with E-state index in [1.54, 1.807) is 34.6 Å². The van der Waals surface area contributed by atoms with Crippen molar-refractivity contribution in [3.05, 3.63) is 0 Å². The van der Waals surface area contributed by atoms with Gasteiger partial charge in [0.2, 0.25) is 0 Å². The van der Waals surface area contributed by atoms with E-state index in [1.807, 2.05) is 0 Å². The molecular weight excluding hydrogens is 325 g/mol. The average molecular weight is 351 g/mol. The van der Waals surface area contributed by atoms with Gasteiger partial charge in [-0.3, -0.25) is 9.36 Å². The van der Waals surface area contributed by atoms with E-state index in [0.717, 1.165) is 0 Å². The van der Waals surface area contributed by atoms with Gasteiger partial charge in [-0.05, 0) is 47.5 Å². The maximum Gasteiger partial charge on any atom is 0.431 e. The van der Waals surface area contributed by atoms with Gasteiger partial charge in [-0.25, -0.2) is 9.63 Å². The Morgan fingerprint density at radius 3 is 2.22 bits per heavy atom. The molecule has 1 atom stereocenters. The van der Waals surface area contributed by atoms with E-state index >= 15 is 0 Å². The van der Waals surface area contributed by atoms with Crippen molar-refractivity contribution in [3.63, 3.8) is 0 Å². The number of hydrogen-bond donors (Lipinski definition) is 1. The number of carbonyl (C=O) groups is 2. The van der Waals surface area contributed by atoms with Gasteiger partial charge < -0.3 is 13.8 Å². The van der Waals surface area contributed by atoms with Crippen LogP contribution in [-0.4, -0.2) is 36.0 Å². The van der Waals surface area contributed by atoms with Crippen LogP contribution in [-0.2, 0) is 28.0 Å². The zero-order chi connectivity index (χ0) is 17.7. The summed E-state index contributed by atoms with van der Waals surface area (Å²) in [4.78, 5) is 29.4. The molecule has 9 heteroatoms. The van der Waals surface area contributed by atoms with Crippen LogP contribution in [0, 0.1) is 0 Å². The molecular formula is C14H26NO7P. The monoisotopic (exact) mass is 351 g/mol. The summed E-state index contributed by atoms with van der Waals surface area (Å²) in [6.07, 6.45) is -0.0889. The SMILES string of the molecule is CCOP(=O)(OCC)[C@]1(ONC(=O)OC(C)(C)C)CCCC1=O. The predicted octanol–water partition coefficient (Wildman–Crippen LogP) is 3.16. The van der Waals surface area contributed by atoms with Gasteiger partial charge in [-0.2, -0.15) is 5.48 Å². The molecule has 0 spiro atoms. The fraction of sp³-hybridized carbons (Fsp3) is 0.857. The van der Waals surface area contributed by atoms with Crippen LogP contribution in [0.2, 0.25) is 0 Å². The Bertz CT molecular complexity index is 478. The van der Waals surface area contributed by atoms with Crippen molar-refractivity contribution in [1.82, 2.24) is 5.48 Å². The second-order valence-electron chi connectivity index (χ2n) is 6.10. The molecule has 1 N–H and O–H groups in total. The maximum atomic E-state index is 13.1. The molecule has 0 aromatic rings. The number of nitrogens with one attached hydrogen (secondary N) is 1. The van der Waals surface area contributed by atoms with Crippen molar-refractivity contribution < 1.29 is 32.8 Å². The Kier molecular flexibility index (Phi) is 6.77. The van der Waals surface area contributed by atoms with Crippen LogP contribution < -0.4 is 5.48 Å². The number of ketones is 1. The molecule has 0 heterocycles. The molecule has 1 aliphatic carbocycles.